The number of carbonyl (C=O) groups excluding carboxylic acids is 1. The number of Topliss-reactive ketones (excluding diaryl/α,β-unsaturated/α-hetero) is 1. The van der Waals surface area contributed by atoms with Gasteiger partial charge in [-0.1, -0.05) is 27.5 Å². The zero-order valence-electron chi connectivity index (χ0n) is 7.83. The number of halogens is 2. The van der Waals surface area contributed by atoms with Gasteiger partial charge in [0.05, 0.1) is 10.4 Å². The number of hydrogen-bond donors (Lipinski definition) is 1. The van der Waals surface area contributed by atoms with Crippen molar-refractivity contribution in [1.82, 2.24) is 0 Å². The number of ketones is 1. The van der Waals surface area contributed by atoms with Gasteiger partial charge in [-0.3, -0.25) is 4.79 Å². The van der Waals surface area contributed by atoms with Crippen LogP contribution in [0.25, 0.3) is 0 Å². The monoisotopic (exact) mass is 290 g/mol. The van der Waals surface area contributed by atoms with Crippen LogP contribution < -0.4 is 0 Å². The van der Waals surface area contributed by atoms with Crippen molar-refractivity contribution in [1.29, 1.82) is 0 Å². The Labute approximate surface area is 100 Å². The molecule has 0 fully saturated rings. The molecule has 0 aliphatic rings. The molecule has 0 amide bonds. The van der Waals surface area contributed by atoms with Crippen LogP contribution in [0.5, 0.6) is 0 Å². The van der Waals surface area contributed by atoms with Crippen molar-refractivity contribution in [2.24, 2.45) is 0 Å². The molecule has 5 heteroatoms. The quantitative estimate of drug-likeness (QED) is 0.871. The summed E-state index contributed by atoms with van der Waals surface area (Å²) in [6.07, 6.45) is 0. The third-order valence-corrected chi connectivity index (χ3v) is 3.25. The molecule has 0 spiro atoms. The Bertz CT molecular complexity index is 417. The number of carboxylic acid groups (broad SMARTS) is 1. The third-order valence-electron chi connectivity index (χ3n) is 1.87. The van der Waals surface area contributed by atoms with Gasteiger partial charge in [0, 0.05) is 5.02 Å². The molecule has 3 nitrogen and oxygen atoms in total. The summed E-state index contributed by atoms with van der Waals surface area (Å²) in [6.45, 7) is 1.38. The molecule has 0 saturated heterocycles. The predicted octanol–water partition coefficient (Wildman–Crippen LogP) is 3.06. The summed E-state index contributed by atoms with van der Waals surface area (Å²) < 4.78 is 0. The summed E-state index contributed by atoms with van der Waals surface area (Å²) >= 11 is 8.88. The maximum absolute atomic E-state index is 11.1. The highest BCUT2D eigenvalue weighted by molar-refractivity contribution is 9.09. The molecule has 1 aromatic rings. The largest absolute Gasteiger partial charge is 0.478 e. The van der Waals surface area contributed by atoms with E-state index in [1.807, 2.05) is 0 Å². The van der Waals surface area contributed by atoms with E-state index in [1.165, 1.54) is 25.1 Å². The number of carboxylic acids is 1. The Kier molecular flexibility index (Phi) is 3.88. The van der Waals surface area contributed by atoms with Crippen LogP contribution in [0.3, 0.4) is 0 Å². The Balaban J connectivity index is 3.30. The highest BCUT2D eigenvalue weighted by Crippen LogP contribution is 2.29. The van der Waals surface area contributed by atoms with Crippen LogP contribution in [0.1, 0.15) is 27.7 Å². The first-order valence-corrected chi connectivity index (χ1v) is 5.40. The molecular weight excluding hydrogens is 283 g/mol. The molecule has 0 saturated carbocycles. The van der Waals surface area contributed by atoms with Gasteiger partial charge in [-0.25, -0.2) is 4.79 Å². The number of rotatable bonds is 3. The number of carbonyl (C=O) groups is 2. The molecule has 0 heterocycles. The smallest absolute Gasteiger partial charge is 0.336 e. The van der Waals surface area contributed by atoms with E-state index >= 15 is 0 Å². The standard InChI is InChI=1S/C10H8BrClO3/c1-5(13)9(11)8-4-6(12)2-3-7(8)10(14)15/h2-4,9H,1H3,(H,14,15). The lowest BCUT2D eigenvalue weighted by molar-refractivity contribution is -0.116. The highest BCUT2D eigenvalue weighted by atomic mass is 79.9. The van der Waals surface area contributed by atoms with Crippen molar-refractivity contribution in [3.05, 3.63) is 34.3 Å². The molecule has 0 bridgehead atoms. The summed E-state index contributed by atoms with van der Waals surface area (Å²) in [5.74, 6) is -1.24. The number of hydrogen-bond acceptors (Lipinski definition) is 2. The van der Waals surface area contributed by atoms with Gasteiger partial charge in [-0.2, -0.15) is 0 Å². The first-order valence-electron chi connectivity index (χ1n) is 4.10. The van der Waals surface area contributed by atoms with Crippen molar-refractivity contribution in [3.8, 4) is 0 Å². The Hall–Kier alpha value is -0.870. The van der Waals surface area contributed by atoms with Crippen molar-refractivity contribution in [2.45, 2.75) is 11.8 Å². The van der Waals surface area contributed by atoms with Crippen LogP contribution in [-0.4, -0.2) is 16.9 Å². The molecule has 1 N–H and O–H groups in total. The highest BCUT2D eigenvalue weighted by Gasteiger charge is 2.20. The molecule has 1 atom stereocenters. The lowest BCUT2D eigenvalue weighted by atomic mass is 10.0. The van der Waals surface area contributed by atoms with Gasteiger partial charge in [0.25, 0.3) is 0 Å². The van der Waals surface area contributed by atoms with E-state index in [0.29, 0.717) is 10.6 Å². The van der Waals surface area contributed by atoms with Gasteiger partial charge >= 0.3 is 5.97 Å². The minimum Gasteiger partial charge on any atom is -0.478 e. The van der Waals surface area contributed by atoms with Gasteiger partial charge in [0.15, 0.2) is 0 Å². The van der Waals surface area contributed by atoms with E-state index in [9.17, 15) is 9.59 Å². The van der Waals surface area contributed by atoms with Gasteiger partial charge in [0.1, 0.15) is 5.78 Å². The molecular formula is C10H8BrClO3. The first kappa shape index (κ1) is 12.2. The van der Waals surface area contributed by atoms with E-state index in [-0.39, 0.29) is 11.3 Å². The second-order valence-electron chi connectivity index (χ2n) is 3.01. The van der Waals surface area contributed by atoms with Gasteiger partial charge in [-0.15, -0.1) is 0 Å². The van der Waals surface area contributed by atoms with E-state index in [0.717, 1.165) is 0 Å². The summed E-state index contributed by atoms with van der Waals surface area (Å²) in [7, 11) is 0. The van der Waals surface area contributed by atoms with Crippen LogP contribution in [0.15, 0.2) is 18.2 Å². The molecule has 0 aliphatic carbocycles. The first-order chi connectivity index (χ1) is 6.93. The van der Waals surface area contributed by atoms with E-state index < -0.39 is 10.8 Å². The summed E-state index contributed by atoms with van der Waals surface area (Å²) in [5, 5.41) is 9.32. The maximum Gasteiger partial charge on any atom is 0.336 e. The normalized spacial score (nSPS) is 12.2. The lowest BCUT2D eigenvalue weighted by Gasteiger charge is -2.10. The fourth-order valence-corrected chi connectivity index (χ4v) is 1.72. The summed E-state index contributed by atoms with van der Waals surface area (Å²) in [5.41, 5.74) is 0.457. The Morgan fingerprint density at radius 3 is 2.53 bits per heavy atom. The van der Waals surface area contributed by atoms with Crippen LogP contribution in [-0.2, 0) is 4.79 Å². The van der Waals surface area contributed by atoms with Crippen LogP contribution >= 0.6 is 27.5 Å². The molecule has 1 aromatic carbocycles. The fraction of sp³-hybridized carbons (Fsp3) is 0.200. The molecule has 1 rings (SSSR count). The molecule has 0 radical (unpaired) electrons. The average molecular weight is 292 g/mol. The SMILES string of the molecule is CC(=O)C(Br)c1cc(Cl)ccc1C(=O)O. The second kappa shape index (κ2) is 4.77. The topological polar surface area (TPSA) is 54.4 Å². The molecule has 0 aliphatic heterocycles. The summed E-state index contributed by atoms with van der Waals surface area (Å²) in [4.78, 5) is 21.4. The molecule has 1 unspecified atom stereocenters. The van der Waals surface area contributed by atoms with Crippen molar-refractivity contribution in [2.75, 3.05) is 0 Å². The van der Waals surface area contributed by atoms with E-state index in [4.69, 9.17) is 16.7 Å². The van der Waals surface area contributed by atoms with Gasteiger partial charge < -0.3 is 5.11 Å². The molecule has 15 heavy (non-hydrogen) atoms. The number of alkyl halides is 1. The second-order valence-corrected chi connectivity index (χ2v) is 4.36. The third kappa shape index (κ3) is 2.79. The average Bonchev–Trinajstić information content (AvgIpc) is 2.15. The zero-order chi connectivity index (χ0) is 11.6. The Morgan fingerprint density at radius 1 is 1.47 bits per heavy atom. The summed E-state index contributed by atoms with van der Waals surface area (Å²) in [6, 6.07) is 4.34. The predicted molar refractivity (Wildman–Crippen MR) is 60.8 cm³/mol. The lowest BCUT2D eigenvalue weighted by Crippen LogP contribution is -2.08. The van der Waals surface area contributed by atoms with Crippen molar-refractivity contribution >= 4 is 39.3 Å². The van der Waals surface area contributed by atoms with Crippen LogP contribution in [0, 0.1) is 0 Å². The minimum absolute atomic E-state index is 0.0801. The fourth-order valence-electron chi connectivity index (χ4n) is 1.16. The molecule has 0 aromatic heterocycles. The van der Waals surface area contributed by atoms with Gasteiger partial charge in [-0.05, 0) is 30.7 Å². The minimum atomic E-state index is -1.08. The maximum atomic E-state index is 11.1. The number of benzene rings is 1. The molecule has 80 valence electrons. The van der Waals surface area contributed by atoms with Crippen LogP contribution in [0.4, 0.5) is 0 Å². The van der Waals surface area contributed by atoms with E-state index in [2.05, 4.69) is 15.9 Å². The van der Waals surface area contributed by atoms with Crippen molar-refractivity contribution in [3.63, 3.8) is 0 Å². The Morgan fingerprint density at radius 2 is 2.07 bits per heavy atom. The van der Waals surface area contributed by atoms with Gasteiger partial charge in [0.2, 0.25) is 0 Å². The van der Waals surface area contributed by atoms with Crippen molar-refractivity contribution < 1.29 is 14.7 Å². The zero-order valence-corrected chi connectivity index (χ0v) is 10.2. The van der Waals surface area contributed by atoms with E-state index in [1.54, 1.807) is 0 Å². The number of aromatic carboxylic acids is 1. The van der Waals surface area contributed by atoms with Crippen LogP contribution in [0.2, 0.25) is 5.02 Å².